The Morgan fingerprint density at radius 1 is 1.15 bits per heavy atom. The van der Waals surface area contributed by atoms with Crippen LogP contribution in [0.5, 0.6) is 0 Å². The summed E-state index contributed by atoms with van der Waals surface area (Å²) in [6.45, 7) is 5.10. The summed E-state index contributed by atoms with van der Waals surface area (Å²) in [5.74, 6) is 0.735. The fourth-order valence-electron chi connectivity index (χ4n) is 3.37. The Morgan fingerprint density at radius 2 is 1.93 bits per heavy atom. The van der Waals surface area contributed by atoms with E-state index in [4.69, 9.17) is 14.5 Å². The quantitative estimate of drug-likeness (QED) is 0.507. The van der Waals surface area contributed by atoms with Crippen molar-refractivity contribution in [2.75, 3.05) is 19.2 Å². The SMILES string of the molecule is Cc1cccc(C)c1-n1c(SC[C@@H]2CCOCO2)nc2ccccc2c1=O. The third kappa shape index (κ3) is 3.65. The number of nitrogens with zero attached hydrogens (tertiary/aromatic N) is 2. The van der Waals surface area contributed by atoms with E-state index < -0.39 is 0 Å². The lowest BCUT2D eigenvalue weighted by molar-refractivity contribution is -0.130. The normalized spacial score (nSPS) is 17.3. The molecule has 6 heteroatoms. The Hall–Kier alpha value is -2.15. The molecule has 1 aliphatic heterocycles. The zero-order valence-electron chi connectivity index (χ0n) is 15.5. The fraction of sp³-hybridized carbons (Fsp3) is 0.333. The molecule has 1 aromatic heterocycles. The minimum atomic E-state index is -0.0339. The highest BCUT2D eigenvalue weighted by Gasteiger charge is 2.19. The lowest BCUT2D eigenvalue weighted by Gasteiger charge is -2.23. The van der Waals surface area contributed by atoms with Gasteiger partial charge < -0.3 is 9.47 Å². The highest BCUT2D eigenvalue weighted by atomic mass is 32.2. The van der Waals surface area contributed by atoms with Crippen molar-refractivity contribution < 1.29 is 9.47 Å². The maximum absolute atomic E-state index is 13.4. The topological polar surface area (TPSA) is 53.4 Å². The van der Waals surface area contributed by atoms with E-state index in [1.165, 1.54) is 0 Å². The standard InChI is InChI=1S/C21H22N2O3S/c1-14-6-5-7-15(2)19(14)23-20(24)17-8-3-4-9-18(17)22-21(23)27-12-16-10-11-25-13-26-16/h3-9,16H,10-13H2,1-2H3/t16-/m0/s1. The van der Waals surface area contributed by atoms with Crippen LogP contribution >= 0.6 is 11.8 Å². The molecule has 0 saturated carbocycles. The van der Waals surface area contributed by atoms with Gasteiger partial charge in [-0.3, -0.25) is 9.36 Å². The van der Waals surface area contributed by atoms with Crippen LogP contribution in [0.25, 0.3) is 16.6 Å². The largest absolute Gasteiger partial charge is 0.355 e. The van der Waals surface area contributed by atoms with Crippen LogP contribution in [0.3, 0.4) is 0 Å². The number of hydrogen-bond donors (Lipinski definition) is 0. The van der Waals surface area contributed by atoms with Gasteiger partial charge in [0.2, 0.25) is 0 Å². The molecule has 1 atom stereocenters. The highest BCUT2D eigenvalue weighted by molar-refractivity contribution is 7.99. The summed E-state index contributed by atoms with van der Waals surface area (Å²) in [6.07, 6.45) is 0.965. The molecule has 1 aliphatic rings. The van der Waals surface area contributed by atoms with Crippen LogP contribution < -0.4 is 5.56 Å². The maximum atomic E-state index is 13.4. The lowest BCUT2D eigenvalue weighted by Crippen LogP contribution is -2.27. The van der Waals surface area contributed by atoms with E-state index in [0.29, 0.717) is 23.9 Å². The van der Waals surface area contributed by atoms with Gasteiger partial charge in [-0.2, -0.15) is 0 Å². The van der Waals surface area contributed by atoms with Gasteiger partial charge >= 0.3 is 0 Å². The minimum absolute atomic E-state index is 0.0339. The van der Waals surface area contributed by atoms with E-state index in [1.54, 1.807) is 16.3 Å². The van der Waals surface area contributed by atoms with E-state index in [1.807, 2.05) is 56.3 Å². The molecule has 0 amide bonds. The van der Waals surface area contributed by atoms with Crippen molar-refractivity contribution in [2.45, 2.75) is 31.5 Å². The van der Waals surface area contributed by atoms with Crippen molar-refractivity contribution >= 4 is 22.7 Å². The van der Waals surface area contributed by atoms with Crippen molar-refractivity contribution in [2.24, 2.45) is 0 Å². The third-order valence-corrected chi connectivity index (χ3v) is 5.85. The number of aryl methyl sites for hydroxylation is 2. The van der Waals surface area contributed by atoms with Crippen molar-refractivity contribution in [3.8, 4) is 5.69 Å². The van der Waals surface area contributed by atoms with Gasteiger partial charge in [0.05, 0.1) is 29.3 Å². The Bertz CT molecular complexity index is 1010. The molecule has 0 bridgehead atoms. The number of ether oxygens (including phenoxy) is 2. The van der Waals surface area contributed by atoms with Crippen molar-refractivity contribution in [3.63, 3.8) is 0 Å². The van der Waals surface area contributed by atoms with E-state index in [2.05, 4.69) is 0 Å². The van der Waals surface area contributed by atoms with Crippen LogP contribution in [-0.4, -0.2) is 34.8 Å². The van der Waals surface area contributed by atoms with Gasteiger partial charge in [0.1, 0.15) is 6.79 Å². The molecule has 0 aliphatic carbocycles. The first-order valence-electron chi connectivity index (χ1n) is 9.05. The number of thioether (sulfide) groups is 1. The Morgan fingerprint density at radius 3 is 2.67 bits per heavy atom. The molecule has 2 heterocycles. The third-order valence-electron chi connectivity index (χ3n) is 4.78. The van der Waals surface area contributed by atoms with E-state index in [9.17, 15) is 4.79 Å². The first-order valence-corrected chi connectivity index (χ1v) is 10.0. The molecule has 5 nitrogen and oxygen atoms in total. The van der Waals surface area contributed by atoms with Gasteiger partial charge in [0.25, 0.3) is 5.56 Å². The van der Waals surface area contributed by atoms with Crippen LogP contribution in [-0.2, 0) is 9.47 Å². The first kappa shape index (κ1) is 18.2. The van der Waals surface area contributed by atoms with Crippen LogP contribution in [0.15, 0.2) is 52.4 Å². The Labute approximate surface area is 162 Å². The summed E-state index contributed by atoms with van der Waals surface area (Å²) in [5, 5.41) is 1.33. The average molecular weight is 382 g/mol. The lowest BCUT2D eigenvalue weighted by atomic mass is 10.1. The number of benzene rings is 2. The predicted octanol–water partition coefficient (Wildman–Crippen LogP) is 3.86. The second-order valence-electron chi connectivity index (χ2n) is 6.71. The Balaban J connectivity index is 1.84. The zero-order chi connectivity index (χ0) is 18.8. The molecule has 3 aromatic rings. The summed E-state index contributed by atoms with van der Waals surface area (Å²) in [5.41, 5.74) is 3.71. The monoisotopic (exact) mass is 382 g/mol. The number of hydrogen-bond acceptors (Lipinski definition) is 5. The van der Waals surface area contributed by atoms with Gasteiger partial charge in [-0.05, 0) is 43.5 Å². The number of para-hydroxylation sites is 2. The molecule has 0 radical (unpaired) electrons. The van der Waals surface area contributed by atoms with Gasteiger partial charge in [-0.1, -0.05) is 42.1 Å². The van der Waals surface area contributed by atoms with Crippen molar-refractivity contribution in [1.82, 2.24) is 9.55 Å². The molecule has 140 valence electrons. The van der Waals surface area contributed by atoms with Crippen LogP contribution in [0, 0.1) is 13.8 Å². The van der Waals surface area contributed by atoms with Crippen molar-refractivity contribution in [1.29, 1.82) is 0 Å². The van der Waals surface area contributed by atoms with Crippen LogP contribution in [0.2, 0.25) is 0 Å². The molecular formula is C21H22N2O3S. The van der Waals surface area contributed by atoms with E-state index in [-0.39, 0.29) is 11.7 Å². The molecule has 0 unspecified atom stereocenters. The molecule has 27 heavy (non-hydrogen) atoms. The Kier molecular flexibility index (Phi) is 5.29. The summed E-state index contributed by atoms with van der Waals surface area (Å²) in [4.78, 5) is 18.2. The second-order valence-corrected chi connectivity index (χ2v) is 7.69. The summed E-state index contributed by atoms with van der Waals surface area (Å²) in [7, 11) is 0. The van der Waals surface area contributed by atoms with Crippen LogP contribution in [0.4, 0.5) is 0 Å². The van der Waals surface area contributed by atoms with Gasteiger partial charge in [-0.15, -0.1) is 0 Å². The maximum Gasteiger partial charge on any atom is 0.266 e. The molecule has 0 N–H and O–H groups in total. The molecular weight excluding hydrogens is 360 g/mol. The molecule has 1 saturated heterocycles. The smallest absolute Gasteiger partial charge is 0.266 e. The summed E-state index contributed by atoms with van der Waals surface area (Å²) >= 11 is 1.57. The molecule has 1 fully saturated rings. The van der Waals surface area contributed by atoms with E-state index >= 15 is 0 Å². The van der Waals surface area contributed by atoms with Gasteiger partial charge in [0.15, 0.2) is 5.16 Å². The molecule has 2 aromatic carbocycles. The number of fused-ring (bicyclic) bond motifs is 1. The number of rotatable bonds is 4. The minimum Gasteiger partial charge on any atom is -0.355 e. The number of aromatic nitrogens is 2. The molecule has 0 spiro atoms. The average Bonchev–Trinajstić information content (AvgIpc) is 2.69. The second kappa shape index (κ2) is 7.84. The fourth-order valence-corrected chi connectivity index (χ4v) is 4.43. The van der Waals surface area contributed by atoms with E-state index in [0.717, 1.165) is 34.5 Å². The summed E-state index contributed by atoms with van der Waals surface area (Å²) < 4.78 is 12.7. The van der Waals surface area contributed by atoms with Crippen molar-refractivity contribution in [3.05, 3.63) is 63.9 Å². The summed E-state index contributed by atoms with van der Waals surface area (Å²) in [6, 6.07) is 13.6. The highest BCUT2D eigenvalue weighted by Crippen LogP contribution is 2.27. The van der Waals surface area contributed by atoms with Crippen LogP contribution in [0.1, 0.15) is 17.5 Å². The molecule has 4 rings (SSSR count). The predicted molar refractivity (Wildman–Crippen MR) is 108 cm³/mol. The van der Waals surface area contributed by atoms with Gasteiger partial charge in [-0.25, -0.2) is 4.98 Å². The first-order chi connectivity index (χ1) is 13.1. The zero-order valence-corrected chi connectivity index (χ0v) is 16.3. The van der Waals surface area contributed by atoms with Gasteiger partial charge in [0, 0.05) is 5.75 Å².